The summed E-state index contributed by atoms with van der Waals surface area (Å²) in [5.74, 6) is -0.262. The number of amides is 2. The van der Waals surface area contributed by atoms with Crippen LogP contribution in [-0.4, -0.2) is 53.9 Å². The molecule has 0 fully saturated rings. The van der Waals surface area contributed by atoms with Crippen molar-refractivity contribution in [3.8, 4) is 5.75 Å². The third kappa shape index (κ3) is 3.77. The molecule has 4 N–H and O–H groups in total. The molecule has 1 aliphatic rings. The number of aliphatic hydroxyl groups excluding tert-OH is 1. The second-order valence-electron chi connectivity index (χ2n) is 7.49. The van der Waals surface area contributed by atoms with Crippen molar-refractivity contribution in [3.05, 3.63) is 82.7 Å². The Morgan fingerprint density at radius 1 is 1.23 bits per heavy atom. The van der Waals surface area contributed by atoms with Gasteiger partial charge in [0.1, 0.15) is 12.4 Å². The Morgan fingerprint density at radius 2 is 2.03 bits per heavy atom. The van der Waals surface area contributed by atoms with E-state index in [1.54, 1.807) is 18.5 Å². The van der Waals surface area contributed by atoms with Crippen molar-refractivity contribution in [2.24, 2.45) is 0 Å². The lowest BCUT2D eigenvalue weighted by molar-refractivity contribution is 0.0953. The van der Waals surface area contributed by atoms with Gasteiger partial charge in [-0.1, -0.05) is 30.3 Å². The molecule has 3 aromatic rings. The Labute approximate surface area is 179 Å². The Balaban J connectivity index is 1.71. The number of aromatic amines is 1. The van der Waals surface area contributed by atoms with Gasteiger partial charge in [0.2, 0.25) is 0 Å². The average Bonchev–Trinajstić information content (AvgIpc) is 3.46. The summed E-state index contributed by atoms with van der Waals surface area (Å²) in [6.45, 7) is 0.381. The minimum absolute atomic E-state index is 0.179. The van der Waals surface area contributed by atoms with Gasteiger partial charge < -0.3 is 20.5 Å². The Hall–Kier alpha value is -3.65. The first kappa shape index (κ1) is 20.6. The maximum Gasteiger partial charge on any atom is 0.254 e. The summed E-state index contributed by atoms with van der Waals surface area (Å²) < 4.78 is 5.92. The van der Waals surface area contributed by atoms with Crippen LogP contribution in [0.25, 0.3) is 0 Å². The molecule has 31 heavy (non-hydrogen) atoms. The third-order valence-electron chi connectivity index (χ3n) is 5.65. The highest BCUT2D eigenvalue weighted by molar-refractivity contribution is 6.02. The molecule has 8 nitrogen and oxygen atoms in total. The lowest BCUT2D eigenvalue weighted by atomic mass is 9.76. The number of hydrogen-bond donors (Lipinski definition) is 4. The number of fused-ring (bicyclic) bond motifs is 1. The molecule has 0 unspecified atom stereocenters. The van der Waals surface area contributed by atoms with Gasteiger partial charge in [-0.3, -0.25) is 14.7 Å². The Kier molecular flexibility index (Phi) is 5.73. The van der Waals surface area contributed by atoms with Crippen LogP contribution < -0.4 is 15.4 Å². The van der Waals surface area contributed by atoms with Crippen LogP contribution in [0.2, 0.25) is 0 Å². The van der Waals surface area contributed by atoms with Crippen molar-refractivity contribution >= 4 is 11.8 Å². The first-order valence-electron chi connectivity index (χ1n) is 10.0. The van der Waals surface area contributed by atoms with E-state index >= 15 is 0 Å². The number of ether oxygens (including phenoxy) is 1. The summed E-state index contributed by atoms with van der Waals surface area (Å²) >= 11 is 0. The van der Waals surface area contributed by atoms with Crippen LogP contribution >= 0.6 is 0 Å². The summed E-state index contributed by atoms with van der Waals surface area (Å²) in [7, 11) is 1.53. The predicted molar refractivity (Wildman–Crippen MR) is 114 cm³/mol. The van der Waals surface area contributed by atoms with E-state index in [0.29, 0.717) is 29.8 Å². The highest BCUT2D eigenvalue weighted by atomic mass is 16.5. The van der Waals surface area contributed by atoms with Crippen molar-refractivity contribution in [2.75, 3.05) is 26.8 Å². The number of aromatic nitrogens is 2. The fourth-order valence-corrected chi connectivity index (χ4v) is 3.90. The van der Waals surface area contributed by atoms with E-state index in [4.69, 9.17) is 4.74 Å². The van der Waals surface area contributed by atoms with Crippen LogP contribution in [0.4, 0.5) is 0 Å². The number of aliphatic hydroxyl groups is 1. The molecule has 2 aromatic carbocycles. The molecule has 8 heteroatoms. The number of nitrogens with zero attached hydrogens (tertiary/aromatic N) is 1. The smallest absolute Gasteiger partial charge is 0.254 e. The zero-order chi connectivity index (χ0) is 21.8. The van der Waals surface area contributed by atoms with E-state index in [1.165, 1.54) is 13.1 Å². The van der Waals surface area contributed by atoms with Crippen LogP contribution in [0, 0.1) is 0 Å². The highest BCUT2D eigenvalue weighted by Gasteiger charge is 2.44. The molecule has 0 radical (unpaired) electrons. The summed E-state index contributed by atoms with van der Waals surface area (Å²) in [4.78, 5) is 25.5. The van der Waals surface area contributed by atoms with Crippen LogP contribution in [0.5, 0.6) is 5.75 Å². The van der Waals surface area contributed by atoms with Gasteiger partial charge in [-0.05, 0) is 29.7 Å². The third-order valence-corrected chi connectivity index (χ3v) is 5.65. The van der Waals surface area contributed by atoms with Gasteiger partial charge in [0.05, 0.1) is 23.8 Å². The largest absolute Gasteiger partial charge is 0.491 e. The van der Waals surface area contributed by atoms with Crippen LogP contribution in [0.15, 0.2) is 54.9 Å². The molecule has 0 spiro atoms. The number of H-pyrrole nitrogens is 1. The van der Waals surface area contributed by atoms with E-state index in [1.807, 2.05) is 30.3 Å². The highest BCUT2D eigenvalue weighted by Crippen LogP contribution is 2.45. The molecule has 1 atom stereocenters. The minimum atomic E-state index is -0.855. The number of hydrogen-bond acceptors (Lipinski definition) is 5. The average molecular weight is 420 g/mol. The minimum Gasteiger partial charge on any atom is -0.491 e. The molecule has 1 aromatic heterocycles. The fraction of sp³-hybridized carbons (Fsp3) is 0.261. The predicted octanol–water partition coefficient (Wildman–Crippen LogP) is 1.41. The molecule has 0 saturated heterocycles. The molecule has 2 amide bonds. The van der Waals surface area contributed by atoms with Gasteiger partial charge in [0.15, 0.2) is 0 Å². The lowest BCUT2D eigenvalue weighted by Gasteiger charge is -2.26. The van der Waals surface area contributed by atoms with Crippen LogP contribution in [0.1, 0.15) is 37.4 Å². The van der Waals surface area contributed by atoms with Crippen molar-refractivity contribution in [1.29, 1.82) is 0 Å². The Morgan fingerprint density at radius 3 is 2.71 bits per heavy atom. The summed E-state index contributed by atoms with van der Waals surface area (Å²) in [5.41, 5.74) is 2.22. The quantitative estimate of drug-likeness (QED) is 0.461. The number of carbonyl (C=O) groups is 2. The van der Waals surface area contributed by atoms with E-state index < -0.39 is 5.41 Å². The molecule has 0 bridgehead atoms. The monoisotopic (exact) mass is 420 g/mol. The summed E-state index contributed by atoms with van der Waals surface area (Å²) in [5, 5.41) is 22.5. The van der Waals surface area contributed by atoms with Crippen molar-refractivity contribution in [3.63, 3.8) is 0 Å². The maximum absolute atomic E-state index is 12.9. The van der Waals surface area contributed by atoms with Gasteiger partial charge in [-0.2, -0.15) is 5.10 Å². The van der Waals surface area contributed by atoms with Gasteiger partial charge >= 0.3 is 0 Å². The van der Waals surface area contributed by atoms with Gasteiger partial charge in [0, 0.05) is 30.9 Å². The molecule has 0 aliphatic carbocycles. The molecule has 1 aliphatic heterocycles. The lowest BCUT2D eigenvalue weighted by Crippen LogP contribution is -2.34. The molecular weight excluding hydrogens is 396 g/mol. The second kappa shape index (κ2) is 8.61. The van der Waals surface area contributed by atoms with Crippen molar-refractivity contribution in [1.82, 2.24) is 20.8 Å². The van der Waals surface area contributed by atoms with E-state index in [9.17, 15) is 14.7 Å². The van der Waals surface area contributed by atoms with Crippen molar-refractivity contribution in [2.45, 2.75) is 11.8 Å². The second-order valence-corrected chi connectivity index (χ2v) is 7.49. The number of nitrogens with one attached hydrogen (secondary N) is 3. The standard InChI is InChI=1S/C23H24N4O4/c1-24-22(30)18-9-16(21(29)25-8-7-15-11-26-27-12-15)10-19-20(18)31-14-23(19,13-28)17-5-3-2-4-6-17/h2-6,9-12,28H,7-8,13-14H2,1H3,(H,24,30)(H,25,29)(H,26,27)/t23-/m1/s1. The van der Waals surface area contributed by atoms with Crippen LogP contribution in [0.3, 0.4) is 0 Å². The molecule has 0 saturated carbocycles. The maximum atomic E-state index is 12.9. The first-order valence-corrected chi connectivity index (χ1v) is 10.0. The molecular formula is C23H24N4O4. The summed E-state index contributed by atoms with van der Waals surface area (Å²) in [6, 6.07) is 12.7. The van der Waals surface area contributed by atoms with E-state index in [0.717, 1.165) is 11.1 Å². The van der Waals surface area contributed by atoms with E-state index in [2.05, 4.69) is 20.8 Å². The molecule has 4 rings (SSSR count). The van der Waals surface area contributed by atoms with Crippen molar-refractivity contribution < 1.29 is 19.4 Å². The zero-order valence-corrected chi connectivity index (χ0v) is 17.1. The molecule has 160 valence electrons. The number of carbonyl (C=O) groups excluding carboxylic acids is 2. The van der Waals surface area contributed by atoms with Gasteiger partial charge in [-0.25, -0.2) is 0 Å². The first-order chi connectivity index (χ1) is 15.1. The topological polar surface area (TPSA) is 116 Å². The summed E-state index contributed by atoms with van der Waals surface area (Å²) in [6.07, 6.45) is 4.11. The number of benzene rings is 2. The van der Waals surface area contributed by atoms with Gasteiger partial charge in [0.25, 0.3) is 11.8 Å². The zero-order valence-electron chi connectivity index (χ0n) is 17.1. The van der Waals surface area contributed by atoms with E-state index in [-0.39, 0.29) is 30.6 Å². The van der Waals surface area contributed by atoms with Gasteiger partial charge in [-0.15, -0.1) is 0 Å². The molecule has 2 heterocycles. The normalized spacial score (nSPS) is 17.0. The SMILES string of the molecule is CNC(=O)c1cc(C(=O)NCCc2cn[nH]c2)cc2c1OC[C@]2(CO)c1ccccc1. The fourth-order valence-electron chi connectivity index (χ4n) is 3.90. The van der Waals surface area contributed by atoms with Crippen LogP contribution in [-0.2, 0) is 11.8 Å². The Bertz CT molecular complexity index is 1080. The number of rotatable bonds is 7.